The van der Waals surface area contributed by atoms with Gasteiger partial charge in [0.05, 0.1) is 0 Å². The van der Waals surface area contributed by atoms with Crippen LogP contribution in [-0.2, 0) is 10.8 Å². The van der Waals surface area contributed by atoms with E-state index < -0.39 is 10.8 Å². The molecule has 0 aromatic carbocycles. The fraction of sp³-hybridized carbons (Fsp3) is 0.500. The molecule has 0 aliphatic carbocycles. The third kappa shape index (κ3) is 2.38. The molecule has 0 bridgehead atoms. The molecule has 15 heavy (non-hydrogen) atoms. The Morgan fingerprint density at radius 3 is 2.67 bits per heavy atom. The number of hydrogen-bond acceptors (Lipinski definition) is 5. The summed E-state index contributed by atoms with van der Waals surface area (Å²) < 4.78 is 11.2. The Labute approximate surface area is 98.7 Å². The smallest absolute Gasteiger partial charge is 0.187 e. The minimum absolute atomic E-state index is 0.261. The molecule has 2 rings (SSSR count). The standard InChI is InChI=1S/C8H9ClN2O2S2/c9-7-6(5-12)14-8(10-7)11-1-3-15(13)4-2-11/h5H,1-4H2. The van der Waals surface area contributed by atoms with E-state index in [0.29, 0.717) is 22.7 Å². The van der Waals surface area contributed by atoms with Crippen molar-refractivity contribution in [3.8, 4) is 0 Å². The van der Waals surface area contributed by atoms with Crippen molar-refractivity contribution in [2.45, 2.75) is 0 Å². The number of carbonyl (C=O) groups excluding carboxylic acids is 1. The number of halogens is 1. The fourth-order valence-corrected chi connectivity index (χ4v) is 3.51. The second-order valence-electron chi connectivity index (χ2n) is 3.10. The zero-order valence-corrected chi connectivity index (χ0v) is 10.2. The molecule has 4 nitrogen and oxygen atoms in total. The third-order valence-corrected chi connectivity index (χ3v) is 4.87. The van der Waals surface area contributed by atoms with E-state index in [0.717, 1.165) is 18.2 Å². The molecule has 1 aromatic heterocycles. The Morgan fingerprint density at radius 1 is 1.47 bits per heavy atom. The number of rotatable bonds is 2. The Morgan fingerprint density at radius 2 is 2.13 bits per heavy atom. The highest BCUT2D eigenvalue weighted by Gasteiger charge is 2.19. The van der Waals surface area contributed by atoms with Crippen molar-refractivity contribution >= 4 is 45.2 Å². The van der Waals surface area contributed by atoms with E-state index in [9.17, 15) is 9.00 Å². The van der Waals surface area contributed by atoms with Gasteiger partial charge in [0.15, 0.2) is 16.6 Å². The van der Waals surface area contributed by atoms with Crippen molar-refractivity contribution in [3.63, 3.8) is 0 Å². The lowest BCUT2D eigenvalue weighted by Crippen LogP contribution is -2.37. The van der Waals surface area contributed by atoms with Gasteiger partial charge in [0, 0.05) is 35.4 Å². The molecule has 1 aliphatic rings. The molecule has 1 aromatic rings. The van der Waals surface area contributed by atoms with Crippen LogP contribution in [0.15, 0.2) is 0 Å². The summed E-state index contributed by atoms with van der Waals surface area (Å²) in [5, 5.41) is 1.01. The van der Waals surface area contributed by atoms with Crippen molar-refractivity contribution in [2.24, 2.45) is 0 Å². The van der Waals surface area contributed by atoms with Gasteiger partial charge in [0.2, 0.25) is 0 Å². The van der Waals surface area contributed by atoms with Gasteiger partial charge in [0.1, 0.15) is 4.88 Å². The predicted octanol–water partition coefficient (Wildman–Crippen LogP) is 1.18. The second kappa shape index (κ2) is 4.59. The number of anilines is 1. The van der Waals surface area contributed by atoms with Crippen molar-refractivity contribution in [1.82, 2.24) is 4.98 Å². The molecule has 0 atom stereocenters. The molecule has 2 heterocycles. The second-order valence-corrected chi connectivity index (χ2v) is 6.17. The molecule has 7 heteroatoms. The summed E-state index contributed by atoms with van der Waals surface area (Å²) >= 11 is 7.06. The van der Waals surface area contributed by atoms with Crippen LogP contribution in [0.5, 0.6) is 0 Å². The molecule has 0 unspecified atom stereocenters. The van der Waals surface area contributed by atoms with E-state index in [2.05, 4.69) is 4.98 Å². The van der Waals surface area contributed by atoms with E-state index in [1.54, 1.807) is 0 Å². The maximum absolute atomic E-state index is 11.2. The molecular weight excluding hydrogens is 256 g/mol. The topological polar surface area (TPSA) is 50.3 Å². The average molecular weight is 265 g/mol. The van der Waals surface area contributed by atoms with Crippen LogP contribution in [0.1, 0.15) is 9.67 Å². The van der Waals surface area contributed by atoms with Gasteiger partial charge in [-0.25, -0.2) is 4.98 Å². The maximum atomic E-state index is 11.2. The van der Waals surface area contributed by atoms with E-state index >= 15 is 0 Å². The van der Waals surface area contributed by atoms with E-state index in [4.69, 9.17) is 11.6 Å². The van der Waals surface area contributed by atoms with Crippen molar-refractivity contribution in [3.05, 3.63) is 10.0 Å². The van der Waals surface area contributed by atoms with Crippen LogP contribution in [0.4, 0.5) is 5.13 Å². The Balaban J connectivity index is 2.15. The lowest BCUT2D eigenvalue weighted by atomic mass is 10.5. The van der Waals surface area contributed by atoms with Crippen LogP contribution in [0.3, 0.4) is 0 Å². The molecule has 0 saturated carbocycles. The van der Waals surface area contributed by atoms with Gasteiger partial charge in [-0.1, -0.05) is 22.9 Å². The van der Waals surface area contributed by atoms with Crippen LogP contribution < -0.4 is 4.90 Å². The zero-order valence-electron chi connectivity index (χ0n) is 7.81. The molecule has 0 spiro atoms. The maximum Gasteiger partial charge on any atom is 0.187 e. The lowest BCUT2D eigenvalue weighted by Gasteiger charge is -2.25. The number of aromatic nitrogens is 1. The largest absolute Gasteiger partial charge is 0.346 e. The normalized spacial score (nSPS) is 18.1. The molecule has 0 radical (unpaired) electrons. The quantitative estimate of drug-likeness (QED) is 0.753. The van der Waals surface area contributed by atoms with Crippen LogP contribution in [-0.4, -0.2) is 40.1 Å². The van der Waals surface area contributed by atoms with Crippen LogP contribution >= 0.6 is 22.9 Å². The Hall–Kier alpha value is -0.460. The summed E-state index contributed by atoms with van der Waals surface area (Å²) in [5.41, 5.74) is 0. The van der Waals surface area contributed by atoms with Crippen LogP contribution in [0, 0.1) is 0 Å². The van der Waals surface area contributed by atoms with E-state index in [-0.39, 0.29) is 5.15 Å². The summed E-state index contributed by atoms with van der Waals surface area (Å²) in [6, 6.07) is 0. The summed E-state index contributed by atoms with van der Waals surface area (Å²) in [6.45, 7) is 1.43. The first-order valence-electron chi connectivity index (χ1n) is 4.42. The van der Waals surface area contributed by atoms with E-state index in [1.807, 2.05) is 4.90 Å². The summed E-state index contributed by atoms with van der Waals surface area (Å²) in [4.78, 5) is 17.2. The minimum Gasteiger partial charge on any atom is -0.346 e. The molecule has 1 saturated heterocycles. The molecule has 1 fully saturated rings. The third-order valence-electron chi connectivity index (χ3n) is 2.15. The highest BCUT2D eigenvalue weighted by atomic mass is 35.5. The molecule has 0 N–H and O–H groups in total. The van der Waals surface area contributed by atoms with Gasteiger partial charge in [0.25, 0.3) is 0 Å². The first-order chi connectivity index (χ1) is 7.20. The van der Waals surface area contributed by atoms with Crippen LogP contribution in [0.25, 0.3) is 0 Å². The summed E-state index contributed by atoms with van der Waals surface area (Å²) in [6.07, 6.45) is 0.714. The number of thiazole rings is 1. The van der Waals surface area contributed by atoms with Gasteiger partial charge in [-0.3, -0.25) is 9.00 Å². The van der Waals surface area contributed by atoms with Gasteiger partial charge in [-0.05, 0) is 0 Å². The number of aldehydes is 1. The first-order valence-corrected chi connectivity index (χ1v) is 7.10. The molecular formula is C8H9ClN2O2S2. The lowest BCUT2D eigenvalue weighted by molar-refractivity contribution is 0.112. The zero-order chi connectivity index (χ0) is 10.8. The monoisotopic (exact) mass is 264 g/mol. The average Bonchev–Trinajstić information content (AvgIpc) is 2.61. The van der Waals surface area contributed by atoms with Crippen molar-refractivity contribution in [2.75, 3.05) is 29.5 Å². The Bertz CT molecular complexity index is 397. The van der Waals surface area contributed by atoms with Crippen LogP contribution in [0.2, 0.25) is 5.15 Å². The van der Waals surface area contributed by atoms with Gasteiger partial charge in [-0.15, -0.1) is 0 Å². The first kappa shape index (κ1) is 11.0. The molecule has 0 amide bonds. The van der Waals surface area contributed by atoms with Gasteiger partial charge in [-0.2, -0.15) is 0 Å². The number of nitrogens with zero attached hydrogens (tertiary/aromatic N) is 2. The minimum atomic E-state index is -0.702. The van der Waals surface area contributed by atoms with Crippen molar-refractivity contribution in [1.29, 1.82) is 0 Å². The predicted molar refractivity (Wildman–Crippen MR) is 62.6 cm³/mol. The summed E-state index contributed by atoms with van der Waals surface area (Å²) in [5.74, 6) is 1.32. The van der Waals surface area contributed by atoms with Crippen molar-refractivity contribution < 1.29 is 9.00 Å². The highest BCUT2D eigenvalue weighted by molar-refractivity contribution is 7.85. The molecule has 82 valence electrons. The van der Waals surface area contributed by atoms with Gasteiger partial charge < -0.3 is 4.90 Å². The Kier molecular flexibility index (Phi) is 3.38. The summed E-state index contributed by atoms with van der Waals surface area (Å²) in [7, 11) is -0.702. The highest BCUT2D eigenvalue weighted by Crippen LogP contribution is 2.28. The molecule has 1 aliphatic heterocycles. The number of carbonyl (C=O) groups is 1. The van der Waals surface area contributed by atoms with E-state index in [1.165, 1.54) is 11.3 Å². The fourth-order valence-electron chi connectivity index (χ4n) is 1.34. The van der Waals surface area contributed by atoms with Gasteiger partial charge >= 0.3 is 0 Å². The SMILES string of the molecule is O=Cc1sc(N2CCS(=O)CC2)nc1Cl. The number of hydrogen-bond donors (Lipinski definition) is 0.